The van der Waals surface area contributed by atoms with Gasteiger partial charge in [-0.1, -0.05) is 25.4 Å². The van der Waals surface area contributed by atoms with Gasteiger partial charge in [0.05, 0.1) is 17.1 Å². The molecule has 2 aromatic rings. The fraction of sp³-hybridized carbons (Fsp3) is 0.438. The van der Waals surface area contributed by atoms with Crippen LogP contribution in [0.1, 0.15) is 44.0 Å². The van der Waals surface area contributed by atoms with Gasteiger partial charge in [0.2, 0.25) is 10.0 Å². The standard InChI is InChI=1S/C16H20ClN3O2S/c1-3-12-9-15-14(10-18-19-15)16(4-2)20(12)23(21,22)13-7-5-11(17)6-8-13/h5-8,10,12,16H,3-4,9H2,1-2H3,(H,18,19)/t12-,16+/m0/s1. The molecule has 0 unspecified atom stereocenters. The highest BCUT2D eigenvalue weighted by molar-refractivity contribution is 7.89. The molecule has 0 fully saturated rings. The lowest BCUT2D eigenvalue weighted by Crippen LogP contribution is -2.46. The molecule has 23 heavy (non-hydrogen) atoms. The number of nitrogens with zero attached hydrogens (tertiary/aromatic N) is 2. The van der Waals surface area contributed by atoms with Crippen molar-refractivity contribution in [2.45, 2.75) is 50.1 Å². The van der Waals surface area contributed by atoms with Crippen LogP contribution in [0.15, 0.2) is 35.4 Å². The van der Waals surface area contributed by atoms with E-state index in [1.165, 1.54) is 0 Å². The Balaban J connectivity index is 2.09. The summed E-state index contributed by atoms with van der Waals surface area (Å²) in [6, 6.07) is 6.11. The van der Waals surface area contributed by atoms with Gasteiger partial charge in [0.25, 0.3) is 0 Å². The molecule has 3 rings (SSSR count). The van der Waals surface area contributed by atoms with Crippen LogP contribution < -0.4 is 0 Å². The molecular weight excluding hydrogens is 334 g/mol. The first-order valence-corrected chi connectivity index (χ1v) is 9.62. The highest BCUT2D eigenvalue weighted by atomic mass is 35.5. The molecule has 124 valence electrons. The van der Waals surface area contributed by atoms with E-state index in [0.29, 0.717) is 17.9 Å². The van der Waals surface area contributed by atoms with E-state index in [0.717, 1.165) is 17.7 Å². The number of benzene rings is 1. The zero-order valence-corrected chi connectivity index (χ0v) is 14.7. The van der Waals surface area contributed by atoms with Gasteiger partial charge >= 0.3 is 0 Å². The quantitative estimate of drug-likeness (QED) is 0.914. The Morgan fingerprint density at radius 3 is 2.57 bits per heavy atom. The normalized spacial score (nSPS) is 22.0. The zero-order valence-electron chi connectivity index (χ0n) is 13.2. The largest absolute Gasteiger partial charge is 0.282 e. The molecule has 7 heteroatoms. The monoisotopic (exact) mass is 353 g/mol. The fourth-order valence-corrected chi connectivity index (χ4v) is 5.37. The van der Waals surface area contributed by atoms with Gasteiger partial charge in [-0.25, -0.2) is 8.42 Å². The Labute approximate surface area is 141 Å². The van der Waals surface area contributed by atoms with Gasteiger partial charge in [-0.15, -0.1) is 0 Å². The number of rotatable bonds is 4. The van der Waals surface area contributed by atoms with Crippen molar-refractivity contribution in [3.8, 4) is 0 Å². The van der Waals surface area contributed by atoms with Crippen LogP contribution in [0.4, 0.5) is 0 Å². The zero-order chi connectivity index (χ0) is 16.6. The van der Waals surface area contributed by atoms with Crippen molar-refractivity contribution in [2.75, 3.05) is 0 Å². The van der Waals surface area contributed by atoms with Gasteiger partial charge in [-0.3, -0.25) is 5.10 Å². The van der Waals surface area contributed by atoms with E-state index in [4.69, 9.17) is 11.6 Å². The molecule has 0 saturated carbocycles. The van der Waals surface area contributed by atoms with E-state index in [1.807, 2.05) is 13.8 Å². The average Bonchev–Trinajstić information content (AvgIpc) is 3.01. The second-order valence-electron chi connectivity index (χ2n) is 5.78. The lowest BCUT2D eigenvalue weighted by molar-refractivity contribution is 0.217. The van der Waals surface area contributed by atoms with Crippen molar-refractivity contribution in [3.63, 3.8) is 0 Å². The topological polar surface area (TPSA) is 66.1 Å². The van der Waals surface area contributed by atoms with Gasteiger partial charge < -0.3 is 0 Å². The number of hydrogen-bond donors (Lipinski definition) is 1. The summed E-state index contributed by atoms with van der Waals surface area (Å²) in [4.78, 5) is 0.283. The third-order valence-corrected chi connectivity index (χ3v) is 6.69. The van der Waals surface area contributed by atoms with Crippen molar-refractivity contribution in [1.82, 2.24) is 14.5 Å². The molecule has 0 saturated heterocycles. The number of aromatic nitrogens is 2. The minimum Gasteiger partial charge on any atom is -0.282 e. The third kappa shape index (κ3) is 2.79. The number of sulfonamides is 1. The van der Waals surface area contributed by atoms with Crippen molar-refractivity contribution in [1.29, 1.82) is 0 Å². The smallest absolute Gasteiger partial charge is 0.243 e. The van der Waals surface area contributed by atoms with Crippen LogP contribution in [0.3, 0.4) is 0 Å². The molecule has 0 radical (unpaired) electrons. The summed E-state index contributed by atoms with van der Waals surface area (Å²) in [5.74, 6) is 0. The van der Waals surface area contributed by atoms with Gasteiger partial charge in [0, 0.05) is 28.7 Å². The van der Waals surface area contributed by atoms with Crippen LogP contribution in [0.5, 0.6) is 0 Å². The minimum absolute atomic E-state index is 0.0754. The maximum Gasteiger partial charge on any atom is 0.243 e. The Morgan fingerprint density at radius 2 is 1.96 bits per heavy atom. The lowest BCUT2D eigenvalue weighted by atomic mass is 9.93. The summed E-state index contributed by atoms with van der Waals surface area (Å²) in [6.45, 7) is 4.02. The molecule has 2 heterocycles. The number of H-pyrrole nitrogens is 1. The van der Waals surface area contributed by atoms with E-state index in [2.05, 4.69) is 10.2 Å². The van der Waals surface area contributed by atoms with Crippen LogP contribution in [0.25, 0.3) is 0 Å². The number of aromatic amines is 1. The molecule has 5 nitrogen and oxygen atoms in total. The number of hydrogen-bond acceptors (Lipinski definition) is 3. The molecule has 0 spiro atoms. The van der Waals surface area contributed by atoms with Crippen molar-refractivity contribution in [2.24, 2.45) is 0 Å². The highest BCUT2D eigenvalue weighted by Gasteiger charge is 2.41. The van der Waals surface area contributed by atoms with Crippen molar-refractivity contribution in [3.05, 3.63) is 46.7 Å². The first kappa shape index (κ1) is 16.5. The summed E-state index contributed by atoms with van der Waals surface area (Å²) < 4.78 is 28.1. The maximum absolute atomic E-state index is 13.2. The molecule has 1 aliphatic heterocycles. The highest BCUT2D eigenvalue weighted by Crippen LogP contribution is 2.39. The van der Waals surface area contributed by atoms with E-state index in [1.54, 1.807) is 34.8 Å². The number of halogens is 1. The summed E-state index contributed by atoms with van der Waals surface area (Å²) in [6.07, 6.45) is 3.87. The summed E-state index contributed by atoms with van der Waals surface area (Å²) in [7, 11) is -3.59. The second-order valence-corrected chi connectivity index (χ2v) is 8.06. The van der Waals surface area contributed by atoms with E-state index >= 15 is 0 Å². The van der Waals surface area contributed by atoms with Gasteiger partial charge in [0.15, 0.2) is 0 Å². The second kappa shape index (κ2) is 6.26. The average molecular weight is 354 g/mol. The Bertz CT molecular complexity index is 786. The first-order chi connectivity index (χ1) is 11.0. The fourth-order valence-electron chi connectivity index (χ4n) is 3.31. The predicted octanol–water partition coefficient (Wildman–Crippen LogP) is 3.54. The van der Waals surface area contributed by atoms with Crippen LogP contribution in [-0.4, -0.2) is 29.0 Å². The Morgan fingerprint density at radius 1 is 1.26 bits per heavy atom. The summed E-state index contributed by atoms with van der Waals surface area (Å²) >= 11 is 5.89. The molecule has 1 aromatic carbocycles. The van der Waals surface area contributed by atoms with Crippen molar-refractivity contribution < 1.29 is 8.42 Å². The predicted molar refractivity (Wildman–Crippen MR) is 89.9 cm³/mol. The third-order valence-electron chi connectivity index (χ3n) is 4.46. The molecule has 0 bridgehead atoms. The van der Waals surface area contributed by atoms with Crippen molar-refractivity contribution >= 4 is 21.6 Å². The SMILES string of the molecule is CC[C@H]1Cc2[nH]ncc2[C@@H](CC)N1S(=O)(=O)c1ccc(Cl)cc1. The molecule has 1 N–H and O–H groups in total. The Hall–Kier alpha value is -1.37. The Kier molecular flexibility index (Phi) is 4.49. The maximum atomic E-state index is 13.2. The van der Waals surface area contributed by atoms with Crippen LogP contribution in [0.2, 0.25) is 5.02 Å². The van der Waals surface area contributed by atoms with E-state index < -0.39 is 10.0 Å². The van der Waals surface area contributed by atoms with Crippen LogP contribution in [0, 0.1) is 0 Å². The lowest BCUT2D eigenvalue weighted by Gasteiger charge is -2.40. The molecule has 2 atom stereocenters. The van der Waals surface area contributed by atoms with Gasteiger partial charge in [-0.05, 0) is 37.1 Å². The van der Waals surface area contributed by atoms with Gasteiger partial charge in [0.1, 0.15) is 0 Å². The molecule has 1 aliphatic rings. The summed E-state index contributed by atoms with van der Waals surface area (Å²) in [5, 5.41) is 7.65. The van der Waals surface area contributed by atoms with Crippen LogP contribution >= 0.6 is 11.6 Å². The number of nitrogens with one attached hydrogen (secondary N) is 1. The molecule has 0 aliphatic carbocycles. The van der Waals surface area contributed by atoms with E-state index in [-0.39, 0.29) is 17.0 Å². The van der Waals surface area contributed by atoms with Gasteiger partial charge in [-0.2, -0.15) is 9.40 Å². The van der Waals surface area contributed by atoms with Crippen LogP contribution in [-0.2, 0) is 16.4 Å². The molecule has 1 aromatic heterocycles. The molecule has 0 amide bonds. The molecular formula is C16H20ClN3O2S. The minimum atomic E-state index is -3.59. The summed E-state index contributed by atoms with van der Waals surface area (Å²) in [5.41, 5.74) is 2.03. The van der Waals surface area contributed by atoms with E-state index in [9.17, 15) is 8.42 Å². The number of fused-ring (bicyclic) bond motifs is 1. The first-order valence-electron chi connectivity index (χ1n) is 7.80.